The predicted molar refractivity (Wildman–Crippen MR) is 122 cm³/mol. The van der Waals surface area contributed by atoms with Crippen molar-refractivity contribution in [1.82, 2.24) is 14.1 Å². The SMILES string of the molecule is Cc1cccc(CN2CCN(C(=O)c3cc(S(=O)(=O)N4CCCC4)ccc3Cl)CC2)c1. The number of rotatable bonds is 5. The number of aryl methyl sites for hydroxylation is 1. The summed E-state index contributed by atoms with van der Waals surface area (Å²) >= 11 is 6.30. The molecule has 2 heterocycles. The van der Waals surface area contributed by atoms with E-state index in [1.165, 1.54) is 33.6 Å². The van der Waals surface area contributed by atoms with Crippen LogP contribution in [0.15, 0.2) is 47.4 Å². The van der Waals surface area contributed by atoms with Crippen LogP contribution < -0.4 is 0 Å². The Morgan fingerprint density at radius 1 is 0.968 bits per heavy atom. The number of hydrogen-bond acceptors (Lipinski definition) is 4. The molecule has 2 fully saturated rings. The highest BCUT2D eigenvalue weighted by atomic mass is 35.5. The summed E-state index contributed by atoms with van der Waals surface area (Å²) in [6.45, 7) is 6.70. The molecule has 0 atom stereocenters. The number of hydrogen-bond donors (Lipinski definition) is 0. The van der Waals surface area contributed by atoms with Crippen LogP contribution in [0.3, 0.4) is 0 Å². The van der Waals surface area contributed by atoms with Gasteiger partial charge in [0.2, 0.25) is 10.0 Å². The van der Waals surface area contributed by atoms with Crippen LogP contribution in [0.4, 0.5) is 0 Å². The smallest absolute Gasteiger partial charge is 0.255 e. The van der Waals surface area contributed by atoms with Crippen molar-refractivity contribution in [3.63, 3.8) is 0 Å². The van der Waals surface area contributed by atoms with E-state index < -0.39 is 10.0 Å². The molecule has 2 aromatic rings. The minimum Gasteiger partial charge on any atom is -0.336 e. The lowest BCUT2D eigenvalue weighted by Gasteiger charge is -2.35. The van der Waals surface area contributed by atoms with Gasteiger partial charge in [0.05, 0.1) is 15.5 Å². The van der Waals surface area contributed by atoms with Crippen LogP contribution in [-0.2, 0) is 16.6 Å². The van der Waals surface area contributed by atoms with Gasteiger partial charge >= 0.3 is 0 Å². The second kappa shape index (κ2) is 9.28. The summed E-state index contributed by atoms with van der Waals surface area (Å²) < 4.78 is 27.3. The van der Waals surface area contributed by atoms with Crippen LogP contribution in [0.25, 0.3) is 0 Å². The number of carbonyl (C=O) groups is 1. The molecule has 0 aliphatic carbocycles. The molecule has 6 nitrogen and oxygen atoms in total. The summed E-state index contributed by atoms with van der Waals surface area (Å²) in [7, 11) is -3.59. The third-order valence-corrected chi connectivity index (χ3v) is 8.24. The fraction of sp³-hybridized carbons (Fsp3) is 0.435. The molecule has 166 valence electrons. The quantitative estimate of drug-likeness (QED) is 0.684. The first-order valence-electron chi connectivity index (χ1n) is 10.7. The minimum atomic E-state index is -3.59. The van der Waals surface area contributed by atoms with Crippen molar-refractivity contribution < 1.29 is 13.2 Å². The van der Waals surface area contributed by atoms with Crippen molar-refractivity contribution in [2.24, 2.45) is 0 Å². The van der Waals surface area contributed by atoms with E-state index >= 15 is 0 Å². The summed E-state index contributed by atoms with van der Waals surface area (Å²) in [5.41, 5.74) is 2.77. The molecule has 4 rings (SSSR count). The van der Waals surface area contributed by atoms with E-state index in [-0.39, 0.29) is 21.4 Å². The Bertz CT molecular complexity index is 1060. The highest BCUT2D eigenvalue weighted by Gasteiger charge is 2.30. The summed E-state index contributed by atoms with van der Waals surface area (Å²) in [4.78, 5) is 17.4. The summed E-state index contributed by atoms with van der Waals surface area (Å²) in [6, 6.07) is 12.9. The van der Waals surface area contributed by atoms with E-state index in [1.54, 1.807) is 4.90 Å². The number of amides is 1. The maximum absolute atomic E-state index is 13.1. The second-order valence-corrected chi connectivity index (χ2v) is 10.7. The fourth-order valence-corrected chi connectivity index (χ4v) is 6.00. The zero-order valence-electron chi connectivity index (χ0n) is 17.8. The average molecular weight is 462 g/mol. The molecular weight excluding hydrogens is 434 g/mol. The van der Waals surface area contributed by atoms with Gasteiger partial charge in [-0.25, -0.2) is 8.42 Å². The third-order valence-electron chi connectivity index (χ3n) is 6.02. The lowest BCUT2D eigenvalue weighted by molar-refractivity contribution is 0.0628. The summed E-state index contributed by atoms with van der Waals surface area (Å²) in [5.74, 6) is -0.210. The number of nitrogens with zero attached hydrogens (tertiary/aromatic N) is 3. The molecule has 8 heteroatoms. The van der Waals surface area contributed by atoms with Gasteiger partial charge in [-0.05, 0) is 43.5 Å². The zero-order valence-corrected chi connectivity index (χ0v) is 19.3. The second-order valence-electron chi connectivity index (χ2n) is 8.31. The van der Waals surface area contributed by atoms with Gasteiger partial charge in [0.25, 0.3) is 5.91 Å². The van der Waals surface area contributed by atoms with E-state index in [1.807, 2.05) is 0 Å². The van der Waals surface area contributed by atoms with Gasteiger partial charge in [0.15, 0.2) is 0 Å². The number of sulfonamides is 1. The van der Waals surface area contributed by atoms with Crippen molar-refractivity contribution >= 4 is 27.5 Å². The van der Waals surface area contributed by atoms with Crippen molar-refractivity contribution in [2.75, 3.05) is 39.3 Å². The van der Waals surface area contributed by atoms with E-state index in [2.05, 4.69) is 36.1 Å². The van der Waals surface area contributed by atoms with E-state index in [0.29, 0.717) is 26.2 Å². The average Bonchev–Trinajstić information content (AvgIpc) is 3.30. The Balaban J connectivity index is 1.44. The molecular formula is C23H28ClN3O3S. The maximum atomic E-state index is 13.1. The maximum Gasteiger partial charge on any atom is 0.255 e. The number of piperazine rings is 1. The van der Waals surface area contributed by atoms with E-state index in [0.717, 1.165) is 32.5 Å². The number of halogens is 1. The molecule has 2 aliphatic rings. The number of benzene rings is 2. The molecule has 0 bridgehead atoms. The molecule has 0 saturated carbocycles. The van der Waals surface area contributed by atoms with Gasteiger partial charge in [-0.3, -0.25) is 9.69 Å². The molecule has 2 saturated heterocycles. The minimum absolute atomic E-state index is 0.139. The molecule has 0 unspecified atom stereocenters. The van der Waals surface area contributed by atoms with E-state index in [9.17, 15) is 13.2 Å². The zero-order chi connectivity index (χ0) is 22.0. The van der Waals surface area contributed by atoms with Crippen molar-refractivity contribution in [3.05, 3.63) is 64.2 Å². The Morgan fingerprint density at radius 2 is 1.68 bits per heavy atom. The third kappa shape index (κ3) is 4.95. The molecule has 2 aliphatic heterocycles. The van der Waals surface area contributed by atoms with Crippen molar-refractivity contribution in [1.29, 1.82) is 0 Å². The van der Waals surface area contributed by atoms with Gasteiger partial charge in [0, 0.05) is 45.8 Å². The number of carbonyl (C=O) groups excluding carboxylic acids is 1. The molecule has 0 aromatic heterocycles. The predicted octanol–water partition coefficient (Wildman–Crippen LogP) is 3.39. The largest absolute Gasteiger partial charge is 0.336 e. The first kappa shape index (κ1) is 22.3. The molecule has 0 radical (unpaired) electrons. The first-order valence-corrected chi connectivity index (χ1v) is 12.5. The van der Waals surface area contributed by atoms with Crippen molar-refractivity contribution in [2.45, 2.75) is 31.2 Å². The standard InChI is InChI=1S/C23H28ClN3O3S/c1-18-5-4-6-19(15-18)17-25-11-13-26(14-12-25)23(28)21-16-20(7-8-22(21)24)31(29,30)27-9-2-3-10-27/h4-8,15-16H,2-3,9-14,17H2,1H3. The highest BCUT2D eigenvalue weighted by Crippen LogP contribution is 2.26. The van der Waals surface area contributed by atoms with Gasteiger partial charge in [-0.1, -0.05) is 41.4 Å². The lowest BCUT2D eigenvalue weighted by Crippen LogP contribution is -2.48. The summed E-state index contributed by atoms with van der Waals surface area (Å²) in [5, 5.41) is 0.285. The summed E-state index contributed by atoms with van der Waals surface area (Å²) in [6.07, 6.45) is 1.73. The van der Waals surface area contributed by atoms with Crippen LogP contribution in [0.5, 0.6) is 0 Å². The van der Waals surface area contributed by atoms with Gasteiger partial charge < -0.3 is 4.90 Å². The van der Waals surface area contributed by atoms with Crippen LogP contribution in [0.2, 0.25) is 5.02 Å². The fourth-order valence-electron chi connectivity index (χ4n) is 4.25. The Kier molecular flexibility index (Phi) is 6.67. The monoisotopic (exact) mass is 461 g/mol. The van der Waals surface area contributed by atoms with Crippen LogP contribution in [-0.4, -0.2) is 67.7 Å². The normalized spacial score (nSPS) is 18.5. The Morgan fingerprint density at radius 3 is 2.35 bits per heavy atom. The first-order chi connectivity index (χ1) is 14.8. The highest BCUT2D eigenvalue weighted by molar-refractivity contribution is 7.89. The molecule has 31 heavy (non-hydrogen) atoms. The van der Waals surface area contributed by atoms with Crippen LogP contribution in [0.1, 0.15) is 34.3 Å². The van der Waals surface area contributed by atoms with Gasteiger partial charge in [-0.2, -0.15) is 4.31 Å². The molecule has 1 amide bonds. The van der Waals surface area contributed by atoms with Crippen LogP contribution in [0, 0.1) is 6.92 Å². The Hall–Kier alpha value is -1.93. The van der Waals surface area contributed by atoms with Gasteiger partial charge in [-0.15, -0.1) is 0 Å². The topological polar surface area (TPSA) is 60.9 Å². The van der Waals surface area contributed by atoms with E-state index in [4.69, 9.17) is 11.6 Å². The molecule has 2 aromatic carbocycles. The van der Waals surface area contributed by atoms with Gasteiger partial charge in [0.1, 0.15) is 0 Å². The van der Waals surface area contributed by atoms with Crippen molar-refractivity contribution in [3.8, 4) is 0 Å². The molecule has 0 spiro atoms. The lowest BCUT2D eigenvalue weighted by atomic mass is 10.1. The Labute approximate surface area is 189 Å². The van der Waals surface area contributed by atoms with Crippen LogP contribution >= 0.6 is 11.6 Å². The molecule has 0 N–H and O–H groups in total.